The first kappa shape index (κ1) is 17.1. The first-order valence-electron chi connectivity index (χ1n) is 6.48. The van der Waals surface area contributed by atoms with Crippen molar-refractivity contribution in [3.05, 3.63) is 24.0 Å². The van der Waals surface area contributed by atoms with Gasteiger partial charge < -0.3 is 4.74 Å². The summed E-state index contributed by atoms with van der Waals surface area (Å²) in [6.45, 7) is 2.31. The van der Waals surface area contributed by atoms with E-state index in [1.165, 1.54) is 10.4 Å². The molecule has 0 aliphatic carbocycles. The molecule has 0 radical (unpaired) electrons. The lowest BCUT2D eigenvalue weighted by atomic mass is 10.3. The summed E-state index contributed by atoms with van der Waals surface area (Å²) in [4.78, 5) is -0.486. The molecule has 0 bridgehead atoms. The van der Waals surface area contributed by atoms with Gasteiger partial charge in [0.1, 0.15) is 10.7 Å². The fourth-order valence-corrected chi connectivity index (χ4v) is 4.39. The second-order valence-electron chi connectivity index (χ2n) is 5.06. The molecule has 1 aromatic rings. The van der Waals surface area contributed by atoms with Crippen molar-refractivity contribution in [2.75, 3.05) is 30.7 Å². The maximum atomic E-state index is 14.1. The number of hydrogen-bond donors (Lipinski definition) is 1. The Kier molecular flexibility index (Phi) is 4.76. The summed E-state index contributed by atoms with van der Waals surface area (Å²) in [7, 11) is -7.57. The number of anilines is 1. The van der Waals surface area contributed by atoms with Gasteiger partial charge in [0.05, 0.1) is 25.2 Å². The number of ether oxygens (including phenoxy) is 1. The molecular formula is C12H17FN2O5S2. The zero-order chi connectivity index (χ0) is 16.5. The maximum Gasteiger partial charge on any atom is 0.246 e. The Morgan fingerprint density at radius 3 is 2.55 bits per heavy atom. The van der Waals surface area contributed by atoms with Gasteiger partial charge in [-0.2, -0.15) is 4.31 Å². The molecule has 1 saturated heterocycles. The second-order valence-corrected chi connectivity index (χ2v) is 8.67. The van der Waals surface area contributed by atoms with E-state index in [0.29, 0.717) is 0 Å². The van der Waals surface area contributed by atoms with Crippen molar-refractivity contribution in [1.29, 1.82) is 0 Å². The largest absolute Gasteiger partial charge is 0.378 e. The van der Waals surface area contributed by atoms with Crippen molar-refractivity contribution in [1.82, 2.24) is 4.31 Å². The molecule has 0 spiro atoms. The number of hydrogen-bond acceptors (Lipinski definition) is 5. The van der Waals surface area contributed by atoms with Gasteiger partial charge in [0.25, 0.3) is 0 Å². The predicted octanol–water partition coefficient (Wildman–Crippen LogP) is 0.607. The molecule has 0 aromatic heterocycles. The van der Waals surface area contributed by atoms with E-state index in [1.54, 1.807) is 6.92 Å². The molecule has 1 aliphatic rings. The molecule has 1 aliphatic heterocycles. The van der Waals surface area contributed by atoms with Crippen LogP contribution in [-0.2, 0) is 24.8 Å². The lowest BCUT2D eigenvalue weighted by Crippen LogP contribution is -2.47. The zero-order valence-electron chi connectivity index (χ0n) is 12.1. The summed E-state index contributed by atoms with van der Waals surface area (Å²) in [6.07, 6.45) is 0.922. The molecule has 1 heterocycles. The topological polar surface area (TPSA) is 92.8 Å². The number of halogens is 1. The molecule has 1 atom stereocenters. The van der Waals surface area contributed by atoms with Crippen molar-refractivity contribution in [3.63, 3.8) is 0 Å². The molecule has 0 amide bonds. The van der Waals surface area contributed by atoms with Crippen LogP contribution < -0.4 is 4.72 Å². The highest BCUT2D eigenvalue weighted by molar-refractivity contribution is 7.92. The fourth-order valence-electron chi connectivity index (χ4n) is 2.18. The molecule has 0 saturated carbocycles. The average Bonchev–Trinajstić information content (AvgIpc) is 2.36. The number of nitrogens with zero attached hydrogens (tertiary/aromatic N) is 1. The minimum atomic E-state index is -4.00. The van der Waals surface area contributed by atoms with Gasteiger partial charge in [-0.1, -0.05) is 0 Å². The van der Waals surface area contributed by atoms with E-state index in [9.17, 15) is 21.2 Å². The van der Waals surface area contributed by atoms with Gasteiger partial charge >= 0.3 is 0 Å². The summed E-state index contributed by atoms with van der Waals surface area (Å²) < 4.78 is 69.8. The van der Waals surface area contributed by atoms with Crippen LogP contribution in [0.2, 0.25) is 0 Å². The number of benzene rings is 1. The molecule has 7 nitrogen and oxygen atoms in total. The minimum absolute atomic E-state index is 0.0334. The van der Waals surface area contributed by atoms with Crippen LogP contribution in [0.15, 0.2) is 23.1 Å². The van der Waals surface area contributed by atoms with Crippen LogP contribution in [-0.4, -0.2) is 53.2 Å². The minimum Gasteiger partial charge on any atom is -0.378 e. The Bertz CT molecular complexity index is 764. The Hall–Kier alpha value is -1.23. The van der Waals surface area contributed by atoms with Gasteiger partial charge in [0.15, 0.2) is 0 Å². The smallest absolute Gasteiger partial charge is 0.246 e. The van der Waals surface area contributed by atoms with Crippen LogP contribution in [0, 0.1) is 5.82 Å². The summed E-state index contributed by atoms with van der Waals surface area (Å²) >= 11 is 0. The van der Waals surface area contributed by atoms with Crippen LogP contribution in [0.1, 0.15) is 6.92 Å². The van der Waals surface area contributed by atoms with Crippen LogP contribution in [0.3, 0.4) is 0 Å². The van der Waals surface area contributed by atoms with Gasteiger partial charge in [-0.3, -0.25) is 4.72 Å². The van der Waals surface area contributed by atoms with E-state index >= 15 is 0 Å². The fraction of sp³-hybridized carbons (Fsp3) is 0.500. The van der Waals surface area contributed by atoms with Crippen LogP contribution >= 0.6 is 0 Å². The summed E-state index contributed by atoms with van der Waals surface area (Å²) in [5.41, 5.74) is -0.0334. The monoisotopic (exact) mass is 352 g/mol. The van der Waals surface area contributed by atoms with E-state index in [1.807, 2.05) is 0 Å². The van der Waals surface area contributed by atoms with Crippen LogP contribution in [0.25, 0.3) is 0 Å². The third kappa shape index (κ3) is 3.75. The van der Waals surface area contributed by atoms with E-state index < -0.39 is 36.8 Å². The van der Waals surface area contributed by atoms with Gasteiger partial charge in [0, 0.05) is 12.6 Å². The van der Waals surface area contributed by atoms with Crippen LogP contribution in [0.4, 0.5) is 10.1 Å². The van der Waals surface area contributed by atoms with Gasteiger partial charge in [0.2, 0.25) is 20.0 Å². The molecule has 1 fully saturated rings. The molecule has 2 rings (SSSR count). The highest BCUT2D eigenvalue weighted by atomic mass is 32.2. The lowest BCUT2D eigenvalue weighted by molar-refractivity contribution is 0.0392. The standard InChI is InChI=1S/C12H17FN2O5S2/c1-9-8-20-6-5-15(9)22(18,19)12-4-3-10(7-11(12)13)14-21(2,16)17/h3-4,7,9,14H,5-6,8H2,1-2H3. The quantitative estimate of drug-likeness (QED) is 0.857. The van der Waals surface area contributed by atoms with Crippen molar-refractivity contribution < 1.29 is 26.0 Å². The van der Waals surface area contributed by atoms with E-state index in [-0.39, 0.29) is 25.4 Å². The number of rotatable bonds is 4. The van der Waals surface area contributed by atoms with Crippen molar-refractivity contribution in [3.8, 4) is 0 Å². The second kappa shape index (κ2) is 6.11. The molecule has 10 heteroatoms. The van der Waals surface area contributed by atoms with E-state index in [4.69, 9.17) is 4.74 Å². The first-order valence-corrected chi connectivity index (χ1v) is 9.81. The highest BCUT2D eigenvalue weighted by Crippen LogP contribution is 2.25. The highest BCUT2D eigenvalue weighted by Gasteiger charge is 2.33. The first-order chi connectivity index (χ1) is 10.1. The molecule has 1 N–H and O–H groups in total. The number of morpholine rings is 1. The van der Waals surface area contributed by atoms with Crippen molar-refractivity contribution in [2.24, 2.45) is 0 Å². The third-order valence-corrected chi connectivity index (χ3v) is 5.78. The van der Waals surface area contributed by atoms with Crippen molar-refractivity contribution in [2.45, 2.75) is 17.9 Å². The SMILES string of the molecule is CC1COCCN1S(=O)(=O)c1ccc(NS(C)(=O)=O)cc1F. The zero-order valence-corrected chi connectivity index (χ0v) is 13.7. The van der Waals surface area contributed by atoms with Gasteiger partial charge in [-0.05, 0) is 25.1 Å². The molecule has 1 aromatic carbocycles. The van der Waals surface area contributed by atoms with E-state index in [0.717, 1.165) is 18.4 Å². The molecule has 1 unspecified atom stereocenters. The Morgan fingerprint density at radius 1 is 1.32 bits per heavy atom. The summed E-state index contributed by atoms with van der Waals surface area (Å²) in [6, 6.07) is 2.72. The molecular weight excluding hydrogens is 335 g/mol. The molecule has 124 valence electrons. The van der Waals surface area contributed by atoms with Crippen LogP contribution in [0.5, 0.6) is 0 Å². The summed E-state index contributed by atoms with van der Waals surface area (Å²) in [5.74, 6) is -1.01. The number of sulfonamides is 2. The van der Waals surface area contributed by atoms with Crippen molar-refractivity contribution >= 4 is 25.7 Å². The Morgan fingerprint density at radius 2 is 2.00 bits per heavy atom. The Balaban J connectivity index is 2.36. The Labute approximate surface area is 129 Å². The number of nitrogens with one attached hydrogen (secondary N) is 1. The van der Waals surface area contributed by atoms with Gasteiger partial charge in [-0.15, -0.1) is 0 Å². The van der Waals surface area contributed by atoms with E-state index in [2.05, 4.69) is 4.72 Å². The van der Waals surface area contributed by atoms with Gasteiger partial charge in [-0.25, -0.2) is 21.2 Å². The average molecular weight is 352 g/mol. The maximum absolute atomic E-state index is 14.1. The summed E-state index contributed by atoms with van der Waals surface area (Å²) in [5, 5.41) is 0. The predicted molar refractivity (Wildman–Crippen MR) is 79.0 cm³/mol. The molecule has 22 heavy (non-hydrogen) atoms. The lowest BCUT2D eigenvalue weighted by Gasteiger charge is -2.32. The normalized spacial score (nSPS) is 20.8. The third-order valence-electron chi connectivity index (χ3n) is 3.13.